The van der Waals surface area contributed by atoms with Gasteiger partial charge < -0.3 is 9.47 Å². The summed E-state index contributed by atoms with van der Waals surface area (Å²) in [5, 5.41) is 4.77. The third-order valence-electron chi connectivity index (χ3n) is 4.13. The lowest BCUT2D eigenvalue weighted by molar-refractivity contribution is 0.0759. The molecule has 0 bridgehead atoms. The number of rotatable bonds is 6. The summed E-state index contributed by atoms with van der Waals surface area (Å²) >= 11 is 5.83. The van der Waals surface area contributed by atoms with Gasteiger partial charge in [0.2, 0.25) is 10.0 Å². The quantitative estimate of drug-likeness (QED) is 0.662. The topological polar surface area (TPSA) is 82.5 Å². The Bertz CT molecular complexity index is 1070. The van der Waals surface area contributed by atoms with Crippen LogP contribution < -0.4 is 14.2 Å². The third kappa shape index (κ3) is 4.58. The highest BCUT2D eigenvalue weighted by molar-refractivity contribution is 7.91. The summed E-state index contributed by atoms with van der Waals surface area (Å²) in [5.74, 6) is 1.26. The molecule has 0 fully saturated rings. The molecule has 0 spiro atoms. The van der Waals surface area contributed by atoms with Gasteiger partial charge in [-0.25, -0.2) is 8.42 Å². The van der Waals surface area contributed by atoms with E-state index in [0.717, 1.165) is 5.75 Å². The van der Waals surface area contributed by atoms with Crippen LogP contribution in [0.3, 0.4) is 0 Å². The van der Waals surface area contributed by atoms with Crippen molar-refractivity contribution in [2.45, 2.75) is 18.4 Å². The van der Waals surface area contributed by atoms with Crippen LogP contribution in [0.4, 0.5) is 5.69 Å². The second-order valence-corrected chi connectivity index (χ2v) is 8.59. The first kappa shape index (κ1) is 18.6. The summed E-state index contributed by atoms with van der Waals surface area (Å²) < 4.78 is 40.5. The zero-order valence-corrected chi connectivity index (χ0v) is 16.4. The predicted octanol–water partition coefficient (Wildman–Crippen LogP) is 3.32. The SMILES string of the molecule is O=S(=O)(Cc1ccc(Cl)cc1)Nc1cnn(CC2COc3ccccc3O2)c1. The van der Waals surface area contributed by atoms with Crippen molar-refractivity contribution in [2.75, 3.05) is 11.3 Å². The summed E-state index contributed by atoms with van der Waals surface area (Å²) in [5.41, 5.74) is 1.04. The highest BCUT2D eigenvalue weighted by Crippen LogP contribution is 2.31. The summed E-state index contributed by atoms with van der Waals surface area (Å²) in [6.45, 7) is 0.835. The Labute approximate surface area is 167 Å². The van der Waals surface area contributed by atoms with Gasteiger partial charge in [-0.1, -0.05) is 35.9 Å². The lowest BCUT2D eigenvalue weighted by Gasteiger charge is -2.26. The summed E-state index contributed by atoms with van der Waals surface area (Å²) in [6.07, 6.45) is 2.88. The van der Waals surface area contributed by atoms with Gasteiger partial charge in [-0.15, -0.1) is 0 Å². The molecule has 1 aromatic heterocycles. The number of hydrogen-bond donors (Lipinski definition) is 1. The average molecular weight is 420 g/mol. The molecule has 1 unspecified atom stereocenters. The van der Waals surface area contributed by atoms with E-state index >= 15 is 0 Å². The number of nitrogens with one attached hydrogen (secondary N) is 1. The van der Waals surface area contributed by atoms with Crippen molar-refractivity contribution in [1.82, 2.24) is 9.78 Å². The van der Waals surface area contributed by atoms with E-state index in [1.165, 1.54) is 6.20 Å². The first-order valence-electron chi connectivity index (χ1n) is 8.63. The van der Waals surface area contributed by atoms with E-state index in [9.17, 15) is 8.42 Å². The van der Waals surface area contributed by atoms with Crippen LogP contribution >= 0.6 is 11.6 Å². The van der Waals surface area contributed by atoms with Gasteiger partial charge in [0.25, 0.3) is 0 Å². The Morgan fingerprint density at radius 3 is 2.68 bits per heavy atom. The smallest absolute Gasteiger partial charge is 0.237 e. The number of halogens is 1. The molecule has 0 amide bonds. The van der Waals surface area contributed by atoms with E-state index in [0.29, 0.717) is 35.2 Å². The molecule has 2 heterocycles. The molecule has 9 heteroatoms. The van der Waals surface area contributed by atoms with Gasteiger partial charge in [-0.05, 0) is 29.8 Å². The molecule has 146 valence electrons. The average Bonchev–Trinajstić information content (AvgIpc) is 3.09. The molecule has 1 atom stereocenters. The molecule has 1 N–H and O–H groups in total. The number of ether oxygens (including phenoxy) is 2. The van der Waals surface area contributed by atoms with Crippen LogP contribution in [-0.4, -0.2) is 30.9 Å². The van der Waals surface area contributed by atoms with Crippen LogP contribution in [0.25, 0.3) is 0 Å². The lowest BCUT2D eigenvalue weighted by atomic mass is 10.2. The van der Waals surface area contributed by atoms with Gasteiger partial charge in [-0.3, -0.25) is 9.40 Å². The van der Waals surface area contributed by atoms with Crippen LogP contribution in [-0.2, 0) is 22.3 Å². The largest absolute Gasteiger partial charge is 0.486 e. The molecule has 28 heavy (non-hydrogen) atoms. The number of nitrogens with zero attached hydrogens (tertiary/aromatic N) is 2. The minimum absolute atomic E-state index is 0.147. The maximum atomic E-state index is 12.4. The number of anilines is 1. The lowest BCUT2D eigenvalue weighted by Crippen LogP contribution is -2.33. The number of fused-ring (bicyclic) bond motifs is 1. The first-order chi connectivity index (χ1) is 13.5. The molecule has 0 radical (unpaired) electrons. The van der Waals surface area contributed by atoms with Crippen molar-refractivity contribution in [1.29, 1.82) is 0 Å². The van der Waals surface area contributed by atoms with Crippen molar-refractivity contribution in [3.8, 4) is 11.5 Å². The van der Waals surface area contributed by atoms with Crippen molar-refractivity contribution >= 4 is 27.3 Å². The van der Waals surface area contributed by atoms with Crippen LogP contribution in [0.1, 0.15) is 5.56 Å². The summed E-state index contributed by atoms with van der Waals surface area (Å²) in [4.78, 5) is 0. The van der Waals surface area contributed by atoms with Crippen molar-refractivity contribution in [2.24, 2.45) is 0 Å². The normalized spacial score (nSPS) is 16.0. The zero-order chi connectivity index (χ0) is 19.6. The van der Waals surface area contributed by atoms with Crippen LogP contribution in [0.15, 0.2) is 60.9 Å². The van der Waals surface area contributed by atoms with Crippen molar-refractivity contribution < 1.29 is 17.9 Å². The molecule has 0 saturated carbocycles. The minimum Gasteiger partial charge on any atom is -0.486 e. The Hall–Kier alpha value is -2.71. The maximum absolute atomic E-state index is 12.4. The Kier molecular flexibility index (Phi) is 5.15. The van der Waals surface area contributed by atoms with E-state index in [2.05, 4.69) is 9.82 Å². The van der Waals surface area contributed by atoms with E-state index in [-0.39, 0.29) is 11.9 Å². The molecule has 0 saturated heterocycles. The van der Waals surface area contributed by atoms with E-state index < -0.39 is 10.0 Å². The standard InChI is InChI=1S/C19H18ClN3O4S/c20-15-7-5-14(6-8-15)13-28(24,25)22-16-9-21-23(10-16)11-17-12-26-18-3-1-2-4-19(18)27-17/h1-10,17,22H,11-13H2. The first-order valence-corrected chi connectivity index (χ1v) is 10.7. The van der Waals surface area contributed by atoms with Gasteiger partial charge in [0.15, 0.2) is 17.6 Å². The number of hydrogen-bond acceptors (Lipinski definition) is 5. The fourth-order valence-corrected chi connectivity index (χ4v) is 4.19. The highest BCUT2D eigenvalue weighted by Gasteiger charge is 2.21. The maximum Gasteiger partial charge on any atom is 0.237 e. The molecule has 3 aromatic rings. The molecular weight excluding hydrogens is 402 g/mol. The van der Waals surface area contributed by atoms with Gasteiger partial charge in [-0.2, -0.15) is 5.10 Å². The number of para-hydroxylation sites is 2. The number of benzene rings is 2. The molecule has 1 aliphatic heterocycles. The Morgan fingerprint density at radius 1 is 1.14 bits per heavy atom. The Morgan fingerprint density at radius 2 is 1.89 bits per heavy atom. The highest BCUT2D eigenvalue weighted by atomic mass is 35.5. The fourth-order valence-electron chi connectivity index (χ4n) is 2.89. The van der Waals surface area contributed by atoms with Gasteiger partial charge in [0, 0.05) is 11.2 Å². The van der Waals surface area contributed by atoms with Crippen molar-refractivity contribution in [3.05, 3.63) is 71.5 Å². The van der Waals surface area contributed by atoms with Crippen molar-refractivity contribution in [3.63, 3.8) is 0 Å². The predicted molar refractivity (Wildman–Crippen MR) is 106 cm³/mol. The monoisotopic (exact) mass is 419 g/mol. The fraction of sp³-hybridized carbons (Fsp3) is 0.211. The molecule has 4 rings (SSSR count). The van der Waals surface area contributed by atoms with Crippen LogP contribution in [0, 0.1) is 0 Å². The third-order valence-corrected chi connectivity index (χ3v) is 5.65. The zero-order valence-electron chi connectivity index (χ0n) is 14.8. The number of aromatic nitrogens is 2. The molecule has 7 nitrogen and oxygen atoms in total. The van der Waals surface area contributed by atoms with Gasteiger partial charge in [0.05, 0.1) is 24.2 Å². The summed E-state index contributed by atoms with van der Waals surface area (Å²) in [7, 11) is -3.56. The van der Waals surface area contributed by atoms with Gasteiger partial charge >= 0.3 is 0 Å². The Balaban J connectivity index is 1.37. The van der Waals surface area contributed by atoms with E-state index in [1.807, 2.05) is 24.3 Å². The molecule has 1 aliphatic rings. The minimum atomic E-state index is -3.56. The number of sulfonamides is 1. The van der Waals surface area contributed by atoms with E-state index in [1.54, 1.807) is 35.1 Å². The van der Waals surface area contributed by atoms with E-state index in [4.69, 9.17) is 21.1 Å². The summed E-state index contributed by atoms with van der Waals surface area (Å²) in [6, 6.07) is 14.2. The molecule has 0 aliphatic carbocycles. The second-order valence-electron chi connectivity index (χ2n) is 6.44. The van der Waals surface area contributed by atoms with Crippen LogP contribution in [0.5, 0.6) is 11.5 Å². The van der Waals surface area contributed by atoms with Gasteiger partial charge in [0.1, 0.15) is 6.61 Å². The second kappa shape index (κ2) is 7.73. The van der Waals surface area contributed by atoms with Crippen LogP contribution in [0.2, 0.25) is 5.02 Å². The molecule has 2 aromatic carbocycles. The molecular formula is C19H18ClN3O4S.